The highest BCUT2D eigenvalue weighted by Crippen LogP contribution is 2.20. The van der Waals surface area contributed by atoms with E-state index >= 15 is 0 Å². The van der Waals surface area contributed by atoms with E-state index in [1.165, 1.54) is 7.11 Å². The molecule has 5 heteroatoms. The van der Waals surface area contributed by atoms with Crippen LogP contribution in [-0.2, 0) is 14.3 Å². The topological polar surface area (TPSA) is 58.6 Å². The molecule has 0 aliphatic carbocycles. The summed E-state index contributed by atoms with van der Waals surface area (Å²) in [4.78, 5) is 25.8. The monoisotopic (exact) mass is 304 g/mol. The molecule has 0 saturated carbocycles. The number of carbonyl (C=O) groups excluding carboxylic acids is 2. The van der Waals surface area contributed by atoms with Gasteiger partial charge in [0, 0.05) is 11.7 Å². The summed E-state index contributed by atoms with van der Waals surface area (Å²) < 4.78 is 4.75. The third-order valence-electron chi connectivity index (χ3n) is 4.06. The van der Waals surface area contributed by atoms with Crippen molar-refractivity contribution in [3.05, 3.63) is 29.8 Å². The van der Waals surface area contributed by atoms with E-state index in [1.807, 2.05) is 31.2 Å². The van der Waals surface area contributed by atoms with Crippen LogP contribution >= 0.6 is 0 Å². The number of anilines is 1. The van der Waals surface area contributed by atoms with Gasteiger partial charge in [0.2, 0.25) is 5.91 Å². The number of ether oxygens (including phenoxy) is 1. The number of carbonyl (C=O) groups is 2. The third-order valence-corrected chi connectivity index (χ3v) is 4.06. The fourth-order valence-electron chi connectivity index (χ4n) is 2.80. The van der Waals surface area contributed by atoms with Gasteiger partial charge in [-0.05, 0) is 38.4 Å². The summed E-state index contributed by atoms with van der Waals surface area (Å²) in [6.45, 7) is 3.18. The summed E-state index contributed by atoms with van der Waals surface area (Å²) in [5, 5.41) is 2.91. The van der Waals surface area contributed by atoms with Gasteiger partial charge in [0.1, 0.15) is 0 Å². The van der Waals surface area contributed by atoms with Crippen LogP contribution in [0.15, 0.2) is 24.3 Å². The molecule has 1 heterocycles. The molecule has 22 heavy (non-hydrogen) atoms. The van der Waals surface area contributed by atoms with Crippen LogP contribution in [-0.4, -0.2) is 43.0 Å². The van der Waals surface area contributed by atoms with Crippen molar-refractivity contribution in [3.63, 3.8) is 0 Å². The van der Waals surface area contributed by atoms with Crippen LogP contribution in [0.25, 0.3) is 0 Å². The predicted octanol–water partition coefficient (Wildman–Crippen LogP) is 2.35. The number of esters is 1. The van der Waals surface area contributed by atoms with Crippen molar-refractivity contribution in [3.8, 4) is 0 Å². The quantitative estimate of drug-likeness (QED) is 0.848. The number of methoxy groups -OCH3 is 1. The lowest BCUT2D eigenvalue weighted by Crippen LogP contribution is -2.45. The van der Waals surface area contributed by atoms with Crippen molar-refractivity contribution >= 4 is 17.6 Å². The SMILES string of the molecule is COC(=O)CC1CCCCN1CC(=O)Nc1ccc(C)cc1. The maximum atomic E-state index is 12.2. The molecule has 1 unspecified atom stereocenters. The Morgan fingerprint density at radius 1 is 1.27 bits per heavy atom. The lowest BCUT2D eigenvalue weighted by Gasteiger charge is -2.34. The van der Waals surface area contributed by atoms with E-state index in [1.54, 1.807) is 0 Å². The van der Waals surface area contributed by atoms with Crippen molar-refractivity contribution in [2.24, 2.45) is 0 Å². The highest BCUT2D eigenvalue weighted by atomic mass is 16.5. The summed E-state index contributed by atoms with van der Waals surface area (Å²) in [6, 6.07) is 7.84. The number of hydrogen-bond acceptors (Lipinski definition) is 4. The normalized spacial score (nSPS) is 18.7. The average Bonchev–Trinajstić information content (AvgIpc) is 2.51. The number of nitrogens with zero attached hydrogens (tertiary/aromatic N) is 1. The van der Waals surface area contributed by atoms with Crippen molar-refractivity contribution in [1.29, 1.82) is 0 Å². The highest BCUT2D eigenvalue weighted by Gasteiger charge is 2.26. The molecule has 1 saturated heterocycles. The van der Waals surface area contributed by atoms with Gasteiger partial charge in [-0.3, -0.25) is 14.5 Å². The van der Waals surface area contributed by atoms with Crippen molar-refractivity contribution < 1.29 is 14.3 Å². The molecule has 1 fully saturated rings. The molecular weight excluding hydrogens is 280 g/mol. The van der Waals surface area contributed by atoms with E-state index in [9.17, 15) is 9.59 Å². The van der Waals surface area contributed by atoms with Crippen LogP contribution in [0.1, 0.15) is 31.2 Å². The minimum Gasteiger partial charge on any atom is -0.469 e. The Kier molecular flexibility index (Phi) is 5.95. The molecule has 1 atom stereocenters. The molecule has 5 nitrogen and oxygen atoms in total. The maximum absolute atomic E-state index is 12.2. The van der Waals surface area contributed by atoms with Gasteiger partial charge in [-0.2, -0.15) is 0 Å². The molecule has 0 radical (unpaired) electrons. The van der Waals surface area contributed by atoms with E-state index in [2.05, 4.69) is 10.2 Å². The minimum absolute atomic E-state index is 0.0411. The second-order valence-electron chi connectivity index (χ2n) is 5.81. The van der Waals surface area contributed by atoms with Gasteiger partial charge in [-0.1, -0.05) is 24.1 Å². The first-order valence-corrected chi connectivity index (χ1v) is 7.76. The van der Waals surface area contributed by atoms with Crippen LogP contribution in [0, 0.1) is 6.92 Å². The predicted molar refractivity (Wildman–Crippen MR) is 85.7 cm³/mol. The summed E-state index contributed by atoms with van der Waals surface area (Å²) >= 11 is 0. The van der Waals surface area contributed by atoms with E-state index < -0.39 is 0 Å². The van der Waals surface area contributed by atoms with Gasteiger partial charge >= 0.3 is 5.97 Å². The van der Waals surface area contributed by atoms with Gasteiger partial charge in [-0.15, -0.1) is 0 Å². The Hall–Kier alpha value is -1.88. The number of rotatable bonds is 5. The summed E-state index contributed by atoms with van der Waals surface area (Å²) in [7, 11) is 1.40. The summed E-state index contributed by atoms with van der Waals surface area (Å²) in [5.74, 6) is -0.253. The Labute approximate surface area is 131 Å². The molecule has 0 bridgehead atoms. The second kappa shape index (κ2) is 7.94. The number of benzene rings is 1. The van der Waals surface area contributed by atoms with Crippen LogP contribution in [0.5, 0.6) is 0 Å². The molecule has 1 aromatic carbocycles. The molecule has 0 aromatic heterocycles. The van der Waals surface area contributed by atoms with Crippen molar-refractivity contribution in [2.75, 3.05) is 25.5 Å². The molecule has 1 N–H and O–H groups in total. The van der Waals surface area contributed by atoms with Gasteiger partial charge < -0.3 is 10.1 Å². The van der Waals surface area contributed by atoms with Crippen molar-refractivity contribution in [2.45, 2.75) is 38.6 Å². The van der Waals surface area contributed by atoms with Gasteiger partial charge in [-0.25, -0.2) is 0 Å². The molecule has 1 amide bonds. The Morgan fingerprint density at radius 2 is 2.00 bits per heavy atom. The third kappa shape index (κ3) is 4.84. The van der Waals surface area contributed by atoms with E-state index in [-0.39, 0.29) is 17.9 Å². The van der Waals surface area contributed by atoms with Gasteiger partial charge in [0.05, 0.1) is 20.1 Å². The van der Waals surface area contributed by atoms with Crippen LogP contribution in [0.3, 0.4) is 0 Å². The first kappa shape index (κ1) is 16.5. The van der Waals surface area contributed by atoms with Crippen LogP contribution in [0.2, 0.25) is 0 Å². The lowest BCUT2D eigenvalue weighted by atomic mass is 9.99. The number of nitrogens with one attached hydrogen (secondary N) is 1. The molecule has 1 aliphatic rings. The lowest BCUT2D eigenvalue weighted by molar-refractivity contribution is -0.142. The molecule has 1 aliphatic heterocycles. The fourth-order valence-corrected chi connectivity index (χ4v) is 2.80. The number of aryl methyl sites for hydroxylation is 1. The standard InChI is InChI=1S/C17H24N2O3/c1-13-6-8-14(9-7-13)18-16(20)12-19-10-4-3-5-15(19)11-17(21)22-2/h6-9,15H,3-5,10-12H2,1-2H3,(H,18,20). The van der Waals surface area contributed by atoms with Gasteiger partial charge in [0.15, 0.2) is 0 Å². The Morgan fingerprint density at radius 3 is 2.68 bits per heavy atom. The second-order valence-corrected chi connectivity index (χ2v) is 5.81. The zero-order valence-electron chi connectivity index (χ0n) is 13.3. The molecule has 2 rings (SSSR count). The Balaban J connectivity index is 1.90. The number of piperidine rings is 1. The molecule has 0 spiro atoms. The van der Waals surface area contributed by atoms with E-state index in [4.69, 9.17) is 4.74 Å². The largest absolute Gasteiger partial charge is 0.469 e. The van der Waals surface area contributed by atoms with E-state index in [0.717, 1.165) is 37.1 Å². The highest BCUT2D eigenvalue weighted by molar-refractivity contribution is 5.92. The first-order chi connectivity index (χ1) is 10.6. The first-order valence-electron chi connectivity index (χ1n) is 7.76. The number of hydrogen-bond donors (Lipinski definition) is 1. The molecule has 1 aromatic rings. The zero-order chi connectivity index (χ0) is 15.9. The van der Waals surface area contributed by atoms with Crippen LogP contribution < -0.4 is 5.32 Å². The van der Waals surface area contributed by atoms with Gasteiger partial charge in [0.25, 0.3) is 0 Å². The average molecular weight is 304 g/mol. The fraction of sp³-hybridized carbons (Fsp3) is 0.529. The molecule has 120 valence electrons. The minimum atomic E-state index is -0.212. The Bertz CT molecular complexity index is 513. The zero-order valence-corrected chi connectivity index (χ0v) is 13.3. The van der Waals surface area contributed by atoms with Crippen LogP contribution in [0.4, 0.5) is 5.69 Å². The number of likely N-dealkylation sites (tertiary alicyclic amines) is 1. The van der Waals surface area contributed by atoms with E-state index in [0.29, 0.717) is 13.0 Å². The van der Waals surface area contributed by atoms with Crippen molar-refractivity contribution in [1.82, 2.24) is 4.90 Å². The molecular formula is C17H24N2O3. The summed E-state index contributed by atoms with van der Waals surface area (Å²) in [6.07, 6.45) is 3.45. The summed E-state index contributed by atoms with van der Waals surface area (Å²) in [5.41, 5.74) is 1.96. The number of amides is 1. The smallest absolute Gasteiger partial charge is 0.307 e. The maximum Gasteiger partial charge on any atom is 0.307 e.